The Kier molecular flexibility index (Phi) is 4.43. The van der Waals surface area contributed by atoms with Gasteiger partial charge in [0.1, 0.15) is 5.82 Å². The predicted molar refractivity (Wildman–Crippen MR) is 88.7 cm³/mol. The van der Waals surface area contributed by atoms with Gasteiger partial charge in [0.25, 0.3) is 0 Å². The number of rotatable bonds is 3. The van der Waals surface area contributed by atoms with Crippen LogP contribution in [-0.4, -0.2) is 36.1 Å². The molecule has 3 rings (SSSR count). The fourth-order valence-corrected chi connectivity index (χ4v) is 3.61. The van der Waals surface area contributed by atoms with Crippen molar-refractivity contribution in [3.63, 3.8) is 0 Å². The minimum Gasteiger partial charge on any atom is -0.356 e. The summed E-state index contributed by atoms with van der Waals surface area (Å²) in [7, 11) is 0. The lowest BCUT2D eigenvalue weighted by Crippen LogP contribution is -2.28. The summed E-state index contributed by atoms with van der Waals surface area (Å²) in [6, 6.07) is 10.6. The molecule has 1 aliphatic rings. The number of para-hydroxylation sites is 1. The number of pyridine rings is 1. The number of benzene rings is 1. The Labute approximate surface area is 124 Å². The number of nitrogens with zero attached hydrogens (tertiary/aromatic N) is 2. The monoisotopic (exact) mass is 287 g/mol. The molecule has 0 atom stereocenters. The smallest absolute Gasteiger partial charge is 0.132 e. The molecule has 1 aromatic heterocycles. The van der Waals surface area contributed by atoms with Gasteiger partial charge >= 0.3 is 0 Å². The van der Waals surface area contributed by atoms with Crippen LogP contribution >= 0.6 is 11.8 Å². The minimum atomic E-state index is 0.676. The van der Waals surface area contributed by atoms with Crippen molar-refractivity contribution in [3.05, 3.63) is 35.9 Å². The highest BCUT2D eigenvalue weighted by atomic mass is 32.2. The van der Waals surface area contributed by atoms with Crippen molar-refractivity contribution in [2.75, 3.05) is 36.0 Å². The van der Waals surface area contributed by atoms with Gasteiger partial charge in [-0.1, -0.05) is 18.2 Å². The molecule has 2 N–H and O–H groups in total. The van der Waals surface area contributed by atoms with E-state index < -0.39 is 0 Å². The van der Waals surface area contributed by atoms with E-state index in [1.54, 1.807) is 0 Å². The molecule has 0 aliphatic carbocycles. The second-order valence-corrected chi connectivity index (χ2v) is 6.38. The molecule has 3 nitrogen and oxygen atoms in total. The van der Waals surface area contributed by atoms with E-state index in [2.05, 4.69) is 35.2 Å². The molecule has 1 aliphatic heterocycles. The van der Waals surface area contributed by atoms with Crippen LogP contribution in [0.25, 0.3) is 10.9 Å². The molecule has 0 unspecified atom stereocenters. The number of hydrogen-bond acceptors (Lipinski definition) is 4. The number of nitrogens with two attached hydrogens (primary N) is 1. The normalized spacial score (nSPS) is 16.4. The van der Waals surface area contributed by atoms with Crippen molar-refractivity contribution in [2.24, 2.45) is 5.73 Å². The van der Waals surface area contributed by atoms with Gasteiger partial charge in [0, 0.05) is 24.2 Å². The summed E-state index contributed by atoms with van der Waals surface area (Å²) in [5.41, 5.74) is 8.16. The fourth-order valence-electron chi connectivity index (χ4n) is 2.72. The first-order valence-corrected chi connectivity index (χ1v) is 8.45. The van der Waals surface area contributed by atoms with Gasteiger partial charge in [-0.2, -0.15) is 11.8 Å². The molecular formula is C16H21N3S. The Morgan fingerprint density at radius 1 is 1.20 bits per heavy atom. The van der Waals surface area contributed by atoms with E-state index in [0.717, 1.165) is 30.8 Å². The van der Waals surface area contributed by atoms with Crippen LogP contribution in [-0.2, 0) is 6.42 Å². The first kappa shape index (κ1) is 13.7. The maximum absolute atomic E-state index is 5.78. The van der Waals surface area contributed by atoms with Crippen LogP contribution in [0.4, 0.5) is 5.82 Å². The highest BCUT2D eigenvalue weighted by Crippen LogP contribution is 2.25. The molecule has 0 amide bonds. The number of hydrogen-bond donors (Lipinski definition) is 1. The van der Waals surface area contributed by atoms with Crippen LogP contribution in [0.5, 0.6) is 0 Å². The highest BCUT2D eigenvalue weighted by Gasteiger charge is 2.15. The van der Waals surface area contributed by atoms with Gasteiger partial charge < -0.3 is 10.6 Å². The van der Waals surface area contributed by atoms with E-state index in [1.165, 1.54) is 28.9 Å². The third-order valence-electron chi connectivity index (χ3n) is 3.72. The zero-order valence-corrected chi connectivity index (χ0v) is 12.5. The average molecular weight is 287 g/mol. The molecule has 0 radical (unpaired) electrons. The largest absolute Gasteiger partial charge is 0.356 e. The summed E-state index contributed by atoms with van der Waals surface area (Å²) in [5.74, 6) is 3.60. The number of fused-ring (bicyclic) bond motifs is 1. The van der Waals surface area contributed by atoms with E-state index in [4.69, 9.17) is 10.7 Å². The molecule has 1 saturated heterocycles. The fraction of sp³-hybridized carbons (Fsp3) is 0.438. The number of aromatic nitrogens is 1. The standard InChI is InChI=1S/C16H21N3S/c17-7-6-14-12-13-4-1-2-5-15(13)18-16(14)19-8-3-10-20-11-9-19/h1-2,4-5,12H,3,6-11,17H2. The van der Waals surface area contributed by atoms with Crippen LogP contribution < -0.4 is 10.6 Å². The predicted octanol–water partition coefficient (Wildman–Crippen LogP) is 2.68. The second kappa shape index (κ2) is 6.46. The van der Waals surface area contributed by atoms with E-state index in [1.807, 2.05) is 11.8 Å². The summed E-state index contributed by atoms with van der Waals surface area (Å²) in [6.45, 7) is 2.87. The maximum Gasteiger partial charge on any atom is 0.132 e. The lowest BCUT2D eigenvalue weighted by atomic mass is 10.1. The minimum absolute atomic E-state index is 0.676. The Balaban J connectivity index is 2.03. The van der Waals surface area contributed by atoms with Crippen molar-refractivity contribution in [3.8, 4) is 0 Å². The molecule has 20 heavy (non-hydrogen) atoms. The first-order valence-electron chi connectivity index (χ1n) is 7.30. The van der Waals surface area contributed by atoms with Gasteiger partial charge in [-0.15, -0.1) is 0 Å². The first-order chi connectivity index (χ1) is 9.88. The van der Waals surface area contributed by atoms with Gasteiger partial charge in [0.05, 0.1) is 5.52 Å². The van der Waals surface area contributed by atoms with Crippen LogP contribution in [0.1, 0.15) is 12.0 Å². The molecule has 0 spiro atoms. The summed E-state index contributed by atoms with van der Waals surface area (Å²) in [5, 5.41) is 1.21. The Hall–Kier alpha value is -1.26. The van der Waals surface area contributed by atoms with E-state index in [0.29, 0.717) is 6.54 Å². The lowest BCUT2D eigenvalue weighted by molar-refractivity contribution is 0.792. The average Bonchev–Trinajstić information content (AvgIpc) is 2.76. The summed E-state index contributed by atoms with van der Waals surface area (Å²) >= 11 is 2.04. The van der Waals surface area contributed by atoms with Crippen LogP contribution in [0.15, 0.2) is 30.3 Å². The van der Waals surface area contributed by atoms with E-state index >= 15 is 0 Å². The van der Waals surface area contributed by atoms with Crippen LogP contribution in [0.3, 0.4) is 0 Å². The summed E-state index contributed by atoms with van der Waals surface area (Å²) < 4.78 is 0. The number of thioether (sulfide) groups is 1. The van der Waals surface area contributed by atoms with Crippen LogP contribution in [0, 0.1) is 0 Å². The molecule has 4 heteroatoms. The molecule has 0 bridgehead atoms. The molecule has 0 saturated carbocycles. The van der Waals surface area contributed by atoms with E-state index in [9.17, 15) is 0 Å². The molecular weight excluding hydrogens is 266 g/mol. The molecule has 2 heterocycles. The Bertz CT molecular complexity index is 577. The van der Waals surface area contributed by atoms with Crippen LogP contribution in [0.2, 0.25) is 0 Å². The van der Waals surface area contributed by atoms with Gasteiger partial charge in [-0.3, -0.25) is 0 Å². The molecule has 1 aromatic carbocycles. The van der Waals surface area contributed by atoms with Crippen molar-refractivity contribution < 1.29 is 0 Å². The SMILES string of the molecule is NCCc1cc2ccccc2nc1N1CCCSCC1. The highest BCUT2D eigenvalue weighted by molar-refractivity contribution is 7.99. The molecule has 1 fully saturated rings. The van der Waals surface area contributed by atoms with Crippen molar-refractivity contribution in [1.29, 1.82) is 0 Å². The van der Waals surface area contributed by atoms with E-state index in [-0.39, 0.29) is 0 Å². The maximum atomic E-state index is 5.78. The third kappa shape index (κ3) is 2.91. The topological polar surface area (TPSA) is 42.1 Å². The zero-order valence-electron chi connectivity index (χ0n) is 11.7. The summed E-state index contributed by atoms with van der Waals surface area (Å²) in [4.78, 5) is 7.36. The van der Waals surface area contributed by atoms with Gasteiger partial charge in [-0.05, 0) is 42.8 Å². The Morgan fingerprint density at radius 2 is 2.10 bits per heavy atom. The van der Waals surface area contributed by atoms with Gasteiger partial charge in [0.2, 0.25) is 0 Å². The summed E-state index contributed by atoms with van der Waals surface area (Å²) in [6.07, 6.45) is 2.14. The van der Waals surface area contributed by atoms with Gasteiger partial charge in [-0.25, -0.2) is 4.98 Å². The number of anilines is 1. The van der Waals surface area contributed by atoms with Crippen molar-refractivity contribution in [2.45, 2.75) is 12.8 Å². The lowest BCUT2D eigenvalue weighted by Gasteiger charge is -2.24. The van der Waals surface area contributed by atoms with Gasteiger partial charge in [0.15, 0.2) is 0 Å². The quantitative estimate of drug-likeness (QED) is 0.942. The Morgan fingerprint density at radius 3 is 3.00 bits per heavy atom. The second-order valence-electron chi connectivity index (χ2n) is 5.16. The zero-order chi connectivity index (χ0) is 13.8. The van der Waals surface area contributed by atoms with Crippen molar-refractivity contribution >= 4 is 28.5 Å². The van der Waals surface area contributed by atoms with Crippen molar-refractivity contribution in [1.82, 2.24) is 4.98 Å². The molecule has 2 aromatic rings. The molecule has 106 valence electrons. The third-order valence-corrected chi connectivity index (χ3v) is 4.76.